The quantitative estimate of drug-likeness (QED) is 0.770. The molecule has 2 aromatic carbocycles. The second kappa shape index (κ2) is 9.27. The van der Waals surface area contributed by atoms with E-state index in [9.17, 15) is 18.7 Å². The molecule has 0 aromatic heterocycles. The van der Waals surface area contributed by atoms with Gasteiger partial charge in [-0.15, -0.1) is 0 Å². The van der Waals surface area contributed by atoms with Crippen LogP contribution >= 0.6 is 0 Å². The van der Waals surface area contributed by atoms with E-state index >= 15 is 0 Å². The summed E-state index contributed by atoms with van der Waals surface area (Å²) in [5.74, 6) is -2.07. The van der Waals surface area contributed by atoms with Crippen molar-refractivity contribution in [2.24, 2.45) is 0 Å². The number of aliphatic hydroxyl groups excluding tert-OH is 1. The van der Waals surface area contributed by atoms with Crippen LogP contribution in [0, 0.1) is 11.6 Å². The van der Waals surface area contributed by atoms with Gasteiger partial charge in [-0.25, -0.2) is 8.78 Å². The third kappa shape index (κ3) is 4.03. The summed E-state index contributed by atoms with van der Waals surface area (Å²) in [5, 5.41) is 9.81. The van der Waals surface area contributed by atoms with Crippen LogP contribution in [0.2, 0.25) is 0 Å². The molecule has 0 saturated carbocycles. The smallest absolute Gasteiger partial charge is 0.260 e. The predicted octanol–water partition coefficient (Wildman–Crippen LogP) is 2.57. The first-order valence-electron chi connectivity index (χ1n) is 9.23. The number of hydrogen-bond acceptors (Lipinski definition) is 6. The van der Waals surface area contributed by atoms with E-state index in [1.54, 1.807) is 18.2 Å². The van der Waals surface area contributed by atoms with Crippen LogP contribution in [0.4, 0.5) is 8.78 Å². The maximum atomic E-state index is 14.5. The molecule has 0 aliphatic carbocycles. The zero-order valence-corrected chi connectivity index (χ0v) is 16.9. The lowest BCUT2D eigenvalue weighted by atomic mass is 9.96. The Morgan fingerprint density at radius 3 is 2.33 bits per heavy atom. The molecule has 7 nitrogen and oxygen atoms in total. The van der Waals surface area contributed by atoms with E-state index < -0.39 is 41.9 Å². The van der Waals surface area contributed by atoms with Crippen LogP contribution < -0.4 is 14.2 Å². The molecular formula is C21H23F2NO6. The van der Waals surface area contributed by atoms with Gasteiger partial charge in [0.2, 0.25) is 0 Å². The number of ether oxygens (including phenoxy) is 4. The van der Waals surface area contributed by atoms with Crippen molar-refractivity contribution >= 4 is 5.91 Å². The van der Waals surface area contributed by atoms with E-state index in [1.165, 1.54) is 26.2 Å². The molecule has 30 heavy (non-hydrogen) atoms. The van der Waals surface area contributed by atoms with E-state index in [2.05, 4.69) is 0 Å². The summed E-state index contributed by atoms with van der Waals surface area (Å²) in [6.45, 7) is -0.199. The number of carbonyl (C=O) groups is 1. The molecule has 1 aliphatic heterocycles. The molecule has 0 radical (unpaired) electrons. The van der Waals surface area contributed by atoms with Crippen molar-refractivity contribution in [2.45, 2.75) is 12.1 Å². The van der Waals surface area contributed by atoms with E-state index in [0.717, 1.165) is 12.1 Å². The average Bonchev–Trinajstić information content (AvgIpc) is 2.77. The molecule has 2 aromatic rings. The van der Waals surface area contributed by atoms with Crippen LogP contribution in [-0.2, 0) is 4.74 Å². The Morgan fingerprint density at radius 1 is 1.10 bits per heavy atom. The third-order valence-corrected chi connectivity index (χ3v) is 5.01. The summed E-state index contributed by atoms with van der Waals surface area (Å²) in [6.07, 6.45) is -0.787. The zero-order valence-electron chi connectivity index (χ0n) is 16.9. The van der Waals surface area contributed by atoms with Gasteiger partial charge in [0.1, 0.15) is 29.1 Å². The Balaban J connectivity index is 2.05. The van der Waals surface area contributed by atoms with Gasteiger partial charge >= 0.3 is 0 Å². The first-order valence-corrected chi connectivity index (χ1v) is 9.23. The first-order chi connectivity index (χ1) is 14.4. The van der Waals surface area contributed by atoms with Gasteiger partial charge in [-0.1, -0.05) is 6.07 Å². The van der Waals surface area contributed by atoms with Gasteiger partial charge in [-0.05, 0) is 17.7 Å². The standard InChI is InChI=1S/C21H23F2NO6/c1-27-13-9-14(22)19(15(23)10-13)21(26)24-6-7-30-18(11-25)20(24)12-4-5-16(28-2)17(8-12)29-3/h4-5,8-10,18,20,25H,6-7,11H2,1-3H3/t18-,20-/m1/s1. The summed E-state index contributed by atoms with van der Waals surface area (Å²) >= 11 is 0. The van der Waals surface area contributed by atoms with Crippen LogP contribution in [0.3, 0.4) is 0 Å². The lowest BCUT2D eigenvalue weighted by Gasteiger charge is -2.41. The van der Waals surface area contributed by atoms with Gasteiger partial charge in [-0.2, -0.15) is 0 Å². The van der Waals surface area contributed by atoms with Gasteiger partial charge in [0.25, 0.3) is 5.91 Å². The molecule has 1 N–H and O–H groups in total. The molecule has 2 atom stereocenters. The van der Waals surface area contributed by atoms with Crippen LogP contribution in [0.25, 0.3) is 0 Å². The molecule has 1 saturated heterocycles. The van der Waals surface area contributed by atoms with Crippen molar-refractivity contribution in [3.8, 4) is 17.2 Å². The SMILES string of the molecule is COc1cc(F)c(C(=O)N2CCO[C@H](CO)[C@H]2c2ccc(OC)c(OC)c2)c(F)c1. The highest BCUT2D eigenvalue weighted by Crippen LogP contribution is 2.37. The molecule has 1 heterocycles. The molecule has 162 valence electrons. The molecule has 1 fully saturated rings. The number of halogens is 2. The van der Waals surface area contributed by atoms with E-state index in [4.69, 9.17) is 18.9 Å². The van der Waals surface area contributed by atoms with Crippen molar-refractivity contribution in [1.82, 2.24) is 4.90 Å². The fourth-order valence-electron chi connectivity index (χ4n) is 3.56. The van der Waals surface area contributed by atoms with E-state index in [-0.39, 0.29) is 18.9 Å². The monoisotopic (exact) mass is 423 g/mol. The Morgan fingerprint density at radius 2 is 1.77 bits per heavy atom. The number of hydrogen-bond donors (Lipinski definition) is 1. The van der Waals surface area contributed by atoms with Crippen LogP contribution in [-0.4, -0.2) is 63.1 Å². The molecule has 0 spiro atoms. The van der Waals surface area contributed by atoms with Gasteiger partial charge in [0.05, 0.1) is 40.6 Å². The highest BCUT2D eigenvalue weighted by Gasteiger charge is 2.38. The second-order valence-corrected chi connectivity index (χ2v) is 6.62. The van der Waals surface area contributed by atoms with E-state index in [1.807, 2.05) is 0 Å². The number of nitrogens with zero attached hydrogens (tertiary/aromatic N) is 1. The highest BCUT2D eigenvalue weighted by atomic mass is 19.1. The number of morpholine rings is 1. The van der Waals surface area contributed by atoms with Crippen molar-refractivity contribution in [2.75, 3.05) is 41.1 Å². The normalized spacial score (nSPS) is 18.8. The Bertz CT molecular complexity index is 899. The minimum Gasteiger partial charge on any atom is -0.497 e. The minimum absolute atomic E-state index is 0.0341. The number of methoxy groups -OCH3 is 3. The van der Waals surface area contributed by atoms with Gasteiger partial charge < -0.3 is 29.0 Å². The number of aliphatic hydroxyl groups is 1. The van der Waals surface area contributed by atoms with Crippen molar-refractivity contribution in [3.05, 3.63) is 53.1 Å². The van der Waals surface area contributed by atoms with Crippen molar-refractivity contribution in [3.63, 3.8) is 0 Å². The fourth-order valence-corrected chi connectivity index (χ4v) is 3.56. The lowest BCUT2D eigenvalue weighted by Crippen LogP contribution is -2.49. The second-order valence-electron chi connectivity index (χ2n) is 6.62. The molecule has 0 bridgehead atoms. The maximum Gasteiger partial charge on any atom is 0.260 e. The first kappa shape index (κ1) is 21.8. The Kier molecular flexibility index (Phi) is 6.73. The minimum atomic E-state index is -1.03. The third-order valence-electron chi connectivity index (χ3n) is 5.01. The fraction of sp³-hybridized carbons (Fsp3) is 0.381. The number of carbonyl (C=O) groups excluding carboxylic acids is 1. The maximum absolute atomic E-state index is 14.5. The molecular weight excluding hydrogens is 400 g/mol. The number of benzene rings is 2. The largest absolute Gasteiger partial charge is 0.497 e. The molecule has 1 amide bonds. The topological polar surface area (TPSA) is 77.5 Å². The molecule has 9 heteroatoms. The predicted molar refractivity (Wildman–Crippen MR) is 103 cm³/mol. The lowest BCUT2D eigenvalue weighted by molar-refractivity contribution is -0.0813. The summed E-state index contributed by atoms with van der Waals surface area (Å²) in [7, 11) is 4.23. The van der Waals surface area contributed by atoms with Gasteiger partial charge in [-0.3, -0.25) is 4.79 Å². The summed E-state index contributed by atoms with van der Waals surface area (Å²) < 4.78 is 50.1. The summed E-state index contributed by atoms with van der Waals surface area (Å²) in [5.41, 5.74) is -0.131. The molecule has 1 aliphatic rings. The van der Waals surface area contributed by atoms with Crippen LogP contribution in [0.1, 0.15) is 22.0 Å². The van der Waals surface area contributed by atoms with Crippen LogP contribution in [0.15, 0.2) is 30.3 Å². The summed E-state index contributed by atoms with van der Waals surface area (Å²) in [6, 6.07) is 6.08. The van der Waals surface area contributed by atoms with Gasteiger partial charge in [0.15, 0.2) is 11.5 Å². The number of amides is 1. The van der Waals surface area contributed by atoms with E-state index in [0.29, 0.717) is 17.1 Å². The highest BCUT2D eigenvalue weighted by molar-refractivity contribution is 5.95. The van der Waals surface area contributed by atoms with Crippen molar-refractivity contribution < 1.29 is 37.6 Å². The molecule has 3 rings (SSSR count). The van der Waals surface area contributed by atoms with Crippen LogP contribution in [0.5, 0.6) is 17.2 Å². The zero-order chi connectivity index (χ0) is 21.8. The Labute approximate surface area is 172 Å². The number of rotatable bonds is 6. The molecule has 0 unspecified atom stereocenters. The van der Waals surface area contributed by atoms with Gasteiger partial charge in [0, 0.05) is 18.7 Å². The summed E-state index contributed by atoms with van der Waals surface area (Å²) in [4.78, 5) is 14.5. The van der Waals surface area contributed by atoms with Crippen molar-refractivity contribution in [1.29, 1.82) is 0 Å². The Hall–Kier alpha value is -2.91. The average molecular weight is 423 g/mol.